The molecule has 4 aliphatic heterocycles. The van der Waals surface area contributed by atoms with Crippen LogP contribution < -0.4 is 21.7 Å². The van der Waals surface area contributed by atoms with Crippen molar-refractivity contribution in [1.82, 2.24) is 25.8 Å². The van der Waals surface area contributed by atoms with E-state index in [1.165, 1.54) is 40.6 Å². The Morgan fingerprint density at radius 3 is 1.97 bits per heavy atom. The largest absolute Gasteiger partial charge is 0.477 e. The number of unbranched alkanes of at least 4 members (excludes halogenated alkanes) is 6. The van der Waals surface area contributed by atoms with Crippen molar-refractivity contribution in [3.8, 4) is 0 Å². The third-order valence-electron chi connectivity index (χ3n) is 12.3. The molecule has 75 heavy (non-hydrogen) atoms. The number of carbonyl (C=O) groups is 9. The van der Waals surface area contributed by atoms with Crippen molar-refractivity contribution in [3.05, 3.63) is 12.2 Å². The van der Waals surface area contributed by atoms with E-state index in [0.717, 1.165) is 32.0 Å². The zero-order chi connectivity index (χ0) is 56.3. The van der Waals surface area contributed by atoms with Gasteiger partial charge in [-0.05, 0) is 51.9 Å². The van der Waals surface area contributed by atoms with Crippen LogP contribution in [0.5, 0.6) is 0 Å². The van der Waals surface area contributed by atoms with E-state index in [0.29, 0.717) is 70.3 Å². The lowest BCUT2D eigenvalue weighted by Crippen LogP contribution is -2.67. The Hall–Kier alpha value is -4.56. The lowest BCUT2D eigenvalue weighted by molar-refractivity contribution is -0.337. The fourth-order valence-corrected chi connectivity index (χ4v) is 9.02. The first-order valence-corrected chi connectivity index (χ1v) is 26.0. The first-order valence-electron chi connectivity index (χ1n) is 25.0. The Labute approximate surface area is 439 Å². The molecule has 0 aliphatic carbocycles. The Balaban J connectivity index is 0.000000849. The summed E-state index contributed by atoms with van der Waals surface area (Å²) in [5, 5.41) is 88.6. The second kappa shape index (κ2) is 35.0. The summed E-state index contributed by atoms with van der Waals surface area (Å²) < 4.78 is 22.1. The van der Waals surface area contributed by atoms with Gasteiger partial charge in [0.2, 0.25) is 29.5 Å². The van der Waals surface area contributed by atoms with E-state index in [9.17, 15) is 79.2 Å². The van der Waals surface area contributed by atoms with Gasteiger partial charge in [0.15, 0.2) is 6.29 Å². The van der Waals surface area contributed by atoms with Crippen molar-refractivity contribution >= 4 is 65.4 Å². The van der Waals surface area contributed by atoms with Gasteiger partial charge in [-0.15, -0.1) is 11.8 Å². The molecule has 3 saturated heterocycles. The Bertz CT molecular complexity index is 1870. The van der Waals surface area contributed by atoms with Crippen molar-refractivity contribution in [2.24, 2.45) is 5.73 Å². The summed E-state index contributed by atoms with van der Waals surface area (Å²) in [6.07, 6.45) is -5.50. The van der Waals surface area contributed by atoms with Crippen molar-refractivity contribution in [2.45, 2.75) is 169 Å². The summed E-state index contributed by atoms with van der Waals surface area (Å²) in [4.78, 5) is 105. The van der Waals surface area contributed by atoms with Gasteiger partial charge in [-0.2, -0.15) is 0 Å². The molecule has 4 aliphatic rings. The SMILES string of the molecule is CC=O.CNC(=O)CCCCCN1C(=O)C=CC1=O.CNC(=O)CCCCCN1C(=O)CC(SCCC(=O)NCCCCCO[C@H]2OC(CO[C@]3(C(=O)O)C[C@@H](O)[C@@H](N)C([C@H](O)[C@H](O)CO)O3)[C@H](O)[C@H](O)C2O)C1=O. The van der Waals surface area contributed by atoms with Crippen LogP contribution >= 0.6 is 11.8 Å². The summed E-state index contributed by atoms with van der Waals surface area (Å²) in [7, 11) is 3.17. The fourth-order valence-electron chi connectivity index (χ4n) is 7.90. The highest BCUT2D eigenvalue weighted by atomic mass is 32.2. The van der Waals surface area contributed by atoms with Gasteiger partial charge in [0, 0.05) is 90.3 Å². The van der Waals surface area contributed by atoms with Crippen LogP contribution in [0.1, 0.15) is 96.8 Å². The molecule has 12 atom stereocenters. The molecular formula is C47H78N6O21S. The normalized spacial score (nSPS) is 27.2. The summed E-state index contributed by atoms with van der Waals surface area (Å²) in [6.45, 7) is 0.896. The van der Waals surface area contributed by atoms with Gasteiger partial charge in [-0.3, -0.25) is 43.4 Å². The maximum absolute atomic E-state index is 12.7. The van der Waals surface area contributed by atoms with Crippen LogP contribution in [0.25, 0.3) is 0 Å². The number of amides is 7. The molecule has 7 amide bonds. The van der Waals surface area contributed by atoms with Gasteiger partial charge >= 0.3 is 5.97 Å². The number of aliphatic hydroxyl groups is 7. The summed E-state index contributed by atoms with van der Waals surface area (Å²) in [5.41, 5.74) is 5.86. The van der Waals surface area contributed by atoms with E-state index in [-0.39, 0.29) is 60.8 Å². The lowest BCUT2D eigenvalue weighted by atomic mass is 9.89. The van der Waals surface area contributed by atoms with Crippen LogP contribution in [-0.4, -0.2) is 236 Å². The van der Waals surface area contributed by atoms with Gasteiger partial charge in [0.1, 0.15) is 49.0 Å². The summed E-state index contributed by atoms with van der Waals surface area (Å²) in [5.74, 6) is -5.26. The Morgan fingerprint density at radius 1 is 0.840 bits per heavy atom. The molecule has 3 fully saturated rings. The van der Waals surface area contributed by atoms with Crippen LogP contribution in [-0.2, 0) is 62.1 Å². The van der Waals surface area contributed by atoms with Crippen molar-refractivity contribution < 1.29 is 103 Å². The minimum Gasteiger partial charge on any atom is -0.477 e. The standard InChI is InChI=1S/C34H58N4O17S.C11H16N2O3.C2H4O/c1-36-22(42)8-4-2-6-11-38-24(44)14-21(31(38)49)56-13-9-23(43)37-10-5-3-7-12-52-32-29(48)28(47)27(46)20(54-32)17-53-34(33(50)51)15-18(40)25(35)30(55-34)26(45)19(41)16-39;1-12-9(14)5-3-2-4-8-13-10(15)6-7-11(13)16;1-2-3/h18-21,25-30,32,39-41,45-48H,2-17,35H2,1H3,(H,36,42)(H,37,43)(H,50,51);6-7H,2-5,8H2,1H3,(H,12,14);2H,1H3/t18-,19-,20?,21?,25-,26-,27+,28+,29?,30?,32+,34-;;/m1../s1. The second-order valence-electron chi connectivity index (χ2n) is 17.9. The number of imide groups is 2. The van der Waals surface area contributed by atoms with E-state index >= 15 is 0 Å². The second-order valence-corrected chi connectivity index (χ2v) is 19.2. The minimum atomic E-state index is -2.65. The minimum absolute atomic E-state index is 0.0231. The molecule has 13 N–H and O–H groups in total. The van der Waals surface area contributed by atoms with E-state index in [4.69, 9.17) is 29.5 Å². The smallest absolute Gasteiger partial charge is 0.364 e. The maximum atomic E-state index is 12.7. The molecule has 4 rings (SSSR count). The third kappa shape index (κ3) is 21.8. The molecule has 428 valence electrons. The zero-order valence-corrected chi connectivity index (χ0v) is 43.5. The molecule has 4 heterocycles. The highest BCUT2D eigenvalue weighted by molar-refractivity contribution is 8.00. The number of hydrogen-bond donors (Lipinski definition) is 12. The predicted octanol–water partition coefficient (Wildman–Crippen LogP) is -3.93. The molecule has 0 spiro atoms. The van der Waals surface area contributed by atoms with E-state index in [1.807, 2.05) is 0 Å². The van der Waals surface area contributed by atoms with Crippen LogP contribution in [0.15, 0.2) is 12.2 Å². The van der Waals surface area contributed by atoms with Gasteiger partial charge in [-0.25, -0.2) is 4.79 Å². The molecule has 0 bridgehead atoms. The van der Waals surface area contributed by atoms with Gasteiger partial charge in [-0.1, -0.05) is 12.8 Å². The van der Waals surface area contributed by atoms with Crippen molar-refractivity contribution in [3.63, 3.8) is 0 Å². The number of carbonyl (C=O) groups excluding carboxylic acids is 8. The van der Waals surface area contributed by atoms with Crippen LogP contribution in [0.4, 0.5) is 0 Å². The quantitative estimate of drug-likeness (QED) is 0.0186. The number of nitrogens with zero attached hydrogens (tertiary/aromatic N) is 2. The van der Waals surface area contributed by atoms with E-state index in [1.54, 1.807) is 14.1 Å². The zero-order valence-electron chi connectivity index (χ0n) is 42.7. The maximum Gasteiger partial charge on any atom is 0.364 e. The predicted molar refractivity (Wildman–Crippen MR) is 263 cm³/mol. The number of thioether (sulfide) groups is 1. The number of aliphatic hydroxyl groups excluding tert-OH is 7. The molecule has 0 saturated carbocycles. The van der Waals surface area contributed by atoms with Crippen LogP contribution in [0.3, 0.4) is 0 Å². The molecular weight excluding hydrogens is 1020 g/mol. The number of carboxylic acid groups (broad SMARTS) is 1. The number of aliphatic carboxylic acids is 1. The number of nitrogens with one attached hydrogen (secondary N) is 3. The average molecular weight is 1100 g/mol. The first-order chi connectivity index (χ1) is 35.6. The third-order valence-corrected chi connectivity index (χ3v) is 13.5. The molecule has 0 aromatic carbocycles. The highest BCUT2D eigenvalue weighted by Crippen LogP contribution is 2.34. The molecule has 28 heteroatoms. The van der Waals surface area contributed by atoms with Gasteiger partial charge < -0.3 is 86.3 Å². The number of likely N-dealkylation sites (tertiary alicyclic amines) is 1. The monoisotopic (exact) mass is 1090 g/mol. The Kier molecular flexibility index (Phi) is 31.0. The number of rotatable bonds is 30. The van der Waals surface area contributed by atoms with E-state index < -0.39 is 97.8 Å². The first kappa shape index (κ1) is 66.6. The van der Waals surface area contributed by atoms with Gasteiger partial charge in [0.25, 0.3) is 17.6 Å². The highest BCUT2D eigenvalue weighted by Gasteiger charge is 2.56. The van der Waals surface area contributed by atoms with Crippen molar-refractivity contribution in [2.75, 3.05) is 59.3 Å². The summed E-state index contributed by atoms with van der Waals surface area (Å²) in [6, 6.07) is -1.37. The molecule has 0 radical (unpaired) electrons. The van der Waals surface area contributed by atoms with Crippen molar-refractivity contribution in [1.29, 1.82) is 0 Å². The lowest BCUT2D eigenvalue weighted by Gasteiger charge is -2.46. The Morgan fingerprint density at radius 2 is 1.41 bits per heavy atom. The van der Waals surface area contributed by atoms with Crippen LogP contribution in [0, 0.1) is 0 Å². The number of nitrogens with two attached hydrogens (primary N) is 1. The number of hydrogen-bond acceptors (Lipinski definition) is 22. The fraction of sp³-hybridized carbons (Fsp3) is 0.766. The number of aldehydes is 1. The molecule has 0 aromatic rings. The molecule has 27 nitrogen and oxygen atoms in total. The van der Waals surface area contributed by atoms with E-state index in [2.05, 4.69) is 16.0 Å². The number of ether oxygens (including phenoxy) is 4. The summed E-state index contributed by atoms with van der Waals surface area (Å²) >= 11 is 1.27. The van der Waals surface area contributed by atoms with Gasteiger partial charge in [0.05, 0.1) is 30.6 Å². The molecule has 0 aromatic heterocycles. The average Bonchev–Trinajstić information content (AvgIpc) is 3.85. The molecule has 4 unspecified atom stereocenters. The topological polar surface area (TPSA) is 421 Å². The number of carboxylic acids is 1. The van der Waals surface area contributed by atoms with Crippen LogP contribution in [0.2, 0.25) is 0 Å².